The first kappa shape index (κ1) is 24.8. The number of nitrogens with one attached hydrogen (secondary N) is 1. The predicted octanol–water partition coefficient (Wildman–Crippen LogP) is 3.51. The van der Waals surface area contributed by atoms with E-state index in [0.29, 0.717) is 17.3 Å². The molecule has 9 heteroatoms. The standard InChI is InChI=1S/C26H30FN3O5/c1-16(2)26(13-21(30-35-26)24-19-9-4-3-8-18(19)10-11-28-24)25(33)29-20(22(31)14-27)12-23(32)34-15-17-6-5-7-17/h3-4,8-11,16-17,20H,5-7,12-15H2,1-2H3,(H,29,33)/t20-,26?/m0/s1. The molecular weight excluding hydrogens is 453 g/mol. The second-order valence-electron chi connectivity index (χ2n) is 9.54. The third kappa shape index (κ3) is 5.18. The molecule has 1 aromatic carbocycles. The first-order valence-corrected chi connectivity index (χ1v) is 12.0. The number of aromatic nitrogens is 1. The molecule has 1 N–H and O–H groups in total. The third-order valence-electron chi connectivity index (χ3n) is 6.91. The molecule has 8 nitrogen and oxygen atoms in total. The maximum Gasteiger partial charge on any atom is 0.308 e. The molecule has 1 fully saturated rings. The number of hydrogen-bond acceptors (Lipinski definition) is 7. The summed E-state index contributed by atoms with van der Waals surface area (Å²) in [5.41, 5.74) is -0.327. The number of benzene rings is 1. The zero-order valence-corrected chi connectivity index (χ0v) is 20.0. The molecule has 1 aliphatic heterocycles. The molecule has 186 valence electrons. The molecule has 4 rings (SSSR count). The molecule has 1 amide bonds. The van der Waals surface area contributed by atoms with Crippen LogP contribution in [-0.4, -0.2) is 53.3 Å². The fourth-order valence-electron chi connectivity index (χ4n) is 4.33. The zero-order valence-electron chi connectivity index (χ0n) is 20.0. The number of ether oxygens (including phenoxy) is 1. The van der Waals surface area contributed by atoms with E-state index in [1.165, 1.54) is 0 Å². The van der Waals surface area contributed by atoms with Crippen molar-refractivity contribution in [1.82, 2.24) is 10.3 Å². The number of nitrogens with zero attached hydrogens (tertiary/aromatic N) is 2. The quantitative estimate of drug-likeness (QED) is 0.519. The number of hydrogen-bond donors (Lipinski definition) is 1. The number of alkyl halides is 1. The van der Waals surface area contributed by atoms with Crippen LogP contribution in [0.4, 0.5) is 4.39 Å². The van der Waals surface area contributed by atoms with Crippen molar-refractivity contribution in [3.63, 3.8) is 0 Å². The van der Waals surface area contributed by atoms with Crippen LogP contribution in [0.5, 0.6) is 0 Å². The van der Waals surface area contributed by atoms with Crippen LogP contribution in [0.3, 0.4) is 0 Å². The normalized spacial score (nSPS) is 20.6. The zero-order chi connectivity index (χ0) is 25.0. The number of amides is 1. The van der Waals surface area contributed by atoms with Crippen LogP contribution in [0, 0.1) is 11.8 Å². The van der Waals surface area contributed by atoms with Gasteiger partial charge in [0.1, 0.15) is 18.4 Å². The molecule has 1 unspecified atom stereocenters. The van der Waals surface area contributed by atoms with Crippen LogP contribution >= 0.6 is 0 Å². The number of pyridine rings is 1. The lowest BCUT2D eigenvalue weighted by molar-refractivity contribution is -0.153. The maximum absolute atomic E-state index is 13.4. The van der Waals surface area contributed by atoms with E-state index in [1.807, 2.05) is 30.3 Å². The lowest BCUT2D eigenvalue weighted by Gasteiger charge is -2.31. The Morgan fingerprint density at radius 1 is 1.23 bits per heavy atom. The Kier molecular flexibility index (Phi) is 7.42. The highest BCUT2D eigenvalue weighted by molar-refractivity contribution is 6.12. The number of carbonyl (C=O) groups is 3. The van der Waals surface area contributed by atoms with Crippen molar-refractivity contribution in [3.8, 4) is 0 Å². The molecule has 1 aromatic heterocycles. The van der Waals surface area contributed by atoms with Crippen molar-refractivity contribution in [2.24, 2.45) is 17.0 Å². The van der Waals surface area contributed by atoms with Gasteiger partial charge in [-0.2, -0.15) is 0 Å². The maximum atomic E-state index is 13.4. The summed E-state index contributed by atoms with van der Waals surface area (Å²) in [6, 6.07) is 8.22. The fourth-order valence-corrected chi connectivity index (χ4v) is 4.33. The van der Waals surface area contributed by atoms with Gasteiger partial charge in [0.15, 0.2) is 5.78 Å². The van der Waals surface area contributed by atoms with Gasteiger partial charge < -0.3 is 14.9 Å². The first-order valence-electron chi connectivity index (χ1n) is 12.0. The molecule has 2 aromatic rings. The number of carbonyl (C=O) groups excluding carboxylic acids is 3. The van der Waals surface area contributed by atoms with Gasteiger partial charge in [0.25, 0.3) is 5.91 Å². The van der Waals surface area contributed by atoms with Gasteiger partial charge in [-0.15, -0.1) is 0 Å². The Morgan fingerprint density at radius 3 is 2.69 bits per heavy atom. The van der Waals surface area contributed by atoms with E-state index in [4.69, 9.17) is 9.57 Å². The van der Waals surface area contributed by atoms with Gasteiger partial charge in [-0.25, -0.2) is 4.39 Å². The Balaban J connectivity index is 1.49. The lowest BCUT2D eigenvalue weighted by atomic mass is 9.83. The molecule has 0 radical (unpaired) electrons. The van der Waals surface area contributed by atoms with E-state index < -0.39 is 42.4 Å². The van der Waals surface area contributed by atoms with Crippen molar-refractivity contribution in [1.29, 1.82) is 0 Å². The van der Waals surface area contributed by atoms with E-state index in [0.717, 1.165) is 30.0 Å². The van der Waals surface area contributed by atoms with Gasteiger partial charge in [-0.05, 0) is 30.2 Å². The molecule has 0 bridgehead atoms. The summed E-state index contributed by atoms with van der Waals surface area (Å²) < 4.78 is 18.5. The summed E-state index contributed by atoms with van der Waals surface area (Å²) >= 11 is 0. The summed E-state index contributed by atoms with van der Waals surface area (Å²) in [7, 11) is 0. The summed E-state index contributed by atoms with van der Waals surface area (Å²) in [5.74, 6) is -2.19. The van der Waals surface area contributed by atoms with Crippen LogP contribution < -0.4 is 5.32 Å². The van der Waals surface area contributed by atoms with Gasteiger partial charge in [0, 0.05) is 23.9 Å². The lowest BCUT2D eigenvalue weighted by Crippen LogP contribution is -2.55. The van der Waals surface area contributed by atoms with Crippen molar-refractivity contribution >= 4 is 34.1 Å². The van der Waals surface area contributed by atoms with Gasteiger partial charge in [-0.1, -0.05) is 49.7 Å². The second kappa shape index (κ2) is 10.5. The van der Waals surface area contributed by atoms with Gasteiger partial charge in [-0.3, -0.25) is 19.4 Å². The minimum Gasteiger partial charge on any atom is -0.465 e. The fraction of sp³-hybridized carbons (Fsp3) is 0.500. The van der Waals surface area contributed by atoms with Crippen molar-refractivity contribution in [3.05, 3.63) is 42.2 Å². The molecule has 0 saturated heterocycles. The number of oxime groups is 1. The second-order valence-corrected chi connectivity index (χ2v) is 9.54. The topological polar surface area (TPSA) is 107 Å². The predicted molar refractivity (Wildman–Crippen MR) is 127 cm³/mol. The minimum atomic E-state index is -1.43. The van der Waals surface area contributed by atoms with Crippen LogP contribution in [0.15, 0.2) is 41.7 Å². The van der Waals surface area contributed by atoms with Crippen LogP contribution in [0.2, 0.25) is 0 Å². The van der Waals surface area contributed by atoms with Gasteiger partial charge >= 0.3 is 5.97 Å². The highest BCUT2D eigenvalue weighted by atomic mass is 19.1. The summed E-state index contributed by atoms with van der Waals surface area (Å²) in [4.78, 5) is 48.1. The molecule has 1 saturated carbocycles. The third-order valence-corrected chi connectivity index (χ3v) is 6.91. The van der Waals surface area contributed by atoms with Gasteiger partial charge in [0.05, 0.1) is 18.7 Å². The van der Waals surface area contributed by atoms with E-state index in [9.17, 15) is 18.8 Å². The SMILES string of the molecule is CC(C)C1(C(=O)N[C@@H](CC(=O)OCC2CCC2)C(=O)CF)CC(c2nccc3ccccc23)=NO1. The number of esters is 1. The van der Waals surface area contributed by atoms with E-state index >= 15 is 0 Å². The largest absolute Gasteiger partial charge is 0.465 e. The summed E-state index contributed by atoms with van der Waals surface area (Å²) in [5, 5.41) is 8.58. The van der Waals surface area contributed by atoms with Crippen LogP contribution in [-0.2, 0) is 24.0 Å². The van der Waals surface area contributed by atoms with Crippen molar-refractivity contribution < 1.29 is 28.3 Å². The molecular formula is C26H30FN3O5. The summed E-state index contributed by atoms with van der Waals surface area (Å²) in [6.07, 6.45) is 4.45. The van der Waals surface area contributed by atoms with Gasteiger partial charge in [0.2, 0.25) is 5.60 Å². The number of fused-ring (bicyclic) bond motifs is 1. The molecule has 35 heavy (non-hydrogen) atoms. The van der Waals surface area contributed by atoms with Crippen molar-refractivity contribution in [2.45, 2.75) is 57.6 Å². The number of rotatable bonds is 10. The Hall–Kier alpha value is -3.36. The average molecular weight is 484 g/mol. The monoisotopic (exact) mass is 483 g/mol. The molecule has 2 atom stereocenters. The van der Waals surface area contributed by atoms with E-state index in [1.54, 1.807) is 20.0 Å². The summed E-state index contributed by atoms with van der Waals surface area (Å²) in [6.45, 7) is 2.57. The number of ketones is 1. The van der Waals surface area contributed by atoms with Crippen LogP contribution in [0.1, 0.15) is 51.6 Å². The highest BCUT2D eigenvalue weighted by Crippen LogP contribution is 2.35. The highest BCUT2D eigenvalue weighted by Gasteiger charge is 2.51. The van der Waals surface area contributed by atoms with E-state index in [-0.39, 0.29) is 18.9 Å². The Morgan fingerprint density at radius 2 is 2.00 bits per heavy atom. The first-order chi connectivity index (χ1) is 16.8. The number of Topliss-reactive ketones (excluding diaryl/α,β-unsaturated/α-hetero) is 1. The molecule has 1 aliphatic carbocycles. The van der Waals surface area contributed by atoms with E-state index in [2.05, 4.69) is 15.5 Å². The number of halogens is 1. The molecule has 2 heterocycles. The average Bonchev–Trinajstić information content (AvgIpc) is 3.28. The van der Waals surface area contributed by atoms with Crippen molar-refractivity contribution in [2.75, 3.05) is 13.3 Å². The van der Waals surface area contributed by atoms with Crippen LogP contribution in [0.25, 0.3) is 10.8 Å². The smallest absolute Gasteiger partial charge is 0.308 e. The Labute approximate surface area is 203 Å². The minimum absolute atomic E-state index is 0.111. The molecule has 2 aliphatic rings. The molecule has 0 spiro atoms. The Bertz CT molecular complexity index is 1140.